The first-order valence-corrected chi connectivity index (χ1v) is 8.58. The summed E-state index contributed by atoms with van der Waals surface area (Å²) >= 11 is 0. The van der Waals surface area contributed by atoms with Gasteiger partial charge in [-0.15, -0.1) is 0 Å². The number of ether oxygens (including phenoxy) is 1. The topological polar surface area (TPSA) is 46.6 Å². The Balaban J connectivity index is 1.77. The first-order valence-electron chi connectivity index (χ1n) is 8.58. The Hall–Kier alpha value is -2.62. The molecule has 1 aliphatic heterocycles. The maximum atomic E-state index is 12.9. The second-order valence-corrected chi connectivity index (χ2v) is 6.69. The zero-order valence-corrected chi connectivity index (χ0v) is 15.1. The van der Waals surface area contributed by atoms with E-state index in [-0.39, 0.29) is 11.9 Å². The molecular formula is C21H23NO3. The molecule has 0 saturated heterocycles. The number of benzene rings is 2. The molecule has 0 radical (unpaired) electrons. The quantitative estimate of drug-likeness (QED) is 0.800. The highest BCUT2D eigenvalue weighted by Gasteiger charge is 2.34. The second kappa shape index (κ2) is 6.71. The first-order chi connectivity index (χ1) is 11.9. The van der Waals surface area contributed by atoms with Gasteiger partial charge in [-0.3, -0.25) is 4.79 Å². The van der Waals surface area contributed by atoms with E-state index in [9.17, 15) is 9.59 Å². The van der Waals surface area contributed by atoms with Crippen molar-refractivity contribution in [2.75, 3.05) is 4.90 Å². The van der Waals surface area contributed by atoms with Crippen molar-refractivity contribution in [3.8, 4) is 0 Å². The molecule has 0 bridgehead atoms. The molecule has 0 aromatic heterocycles. The predicted molar refractivity (Wildman–Crippen MR) is 97.9 cm³/mol. The van der Waals surface area contributed by atoms with Crippen LogP contribution in [-0.4, -0.2) is 24.0 Å². The van der Waals surface area contributed by atoms with Crippen LogP contribution in [0.2, 0.25) is 0 Å². The average molecular weight is 337 g/mol. The third kappa shape index (κ3) is 3.16. The van der Waals surface area contributed by atoms with Crippen LogP contribution in [0.1, 0.15) is 40.9 Å². The molecular weight excluding hydrogens is 314 g/mol. The highest BCUT2D eigenvalue weighted by molar-refractivity contribution is 6.01. The van der Waals surface area contributed by atoms with Gasteiger partial charge in [0, 0.05) is 11.7 Å². The van der Waals surface area contributed by atoms with Crippen molar-refractivity contribution in [1.29, 1.82) is 0 Å². The van der Waals surface area contributed by atoms with Crippen LogP contribution in [0, 0.1) is 13.8 Å². The van der Waals surface area contributed by atoms with Crippen LogP contribution >= 0.6 is 0 Å². The molecule has 0 aliphatic carbocycles. The van der Waals surface area contributed by atoms with Crippen molar-refractivity contribution in [2.45, 2.75) is 46.3 Å². The molecule has 0 unspecified atom stereocenters. The molecule has 0 N–H and O–H groups in total. The van der Waals surface area contributed by atoms with E-state index in [0.717, 1.165) is 28.8 Å². The number of hydrogen-bond donors (Lipinski definition) is 0. The zero-order valence-electron chi connectivity index (χ0n) is 15.1. The number of para-hydroxylation sites is 1. The standard InChI is InChI=1S/C21H23NO3/c1-13-8-7-10-18(15(13)3)21(24)25-16(4)20(23)22-14(2)12-17-9-5-6-11-19(17)22/h5-11,14,16H,12H2,1-4H3/t14-,16-/m1/s1. The second-order valence-electron chi connectivity index (χ2n) is 6.69. The molecule has 2 aromatic carbocycles. The van der Waals surface area contributed by atoms with Gasteiger partial charge < -0.3 is 9.64 Å². The van der Waals surface area contributed by atoms with Gasteiger partial charge in [0.1, 0.15) is 0 Å². The summed E-state index contributed by atoms with van der Waals surface area (Å²) in [5.74, 6) is -0.640. The van der Waals surface area contributed by atoms with Crippen LogP contribution in [0.15, 0.2) is 42.5 Å². The summed E-state index contributed by atoms with van der Waals surface area (Å²) in [6, 6.07) is 13.4. The van der Waals surface area contributed by atoms with Crippen LogP contribution < -0.4 is 4.90 Å². The lowest BCUT2D eigenvalue weighted by molar-refractivity contribution is -0.126. The van der Waals surface area contributed by atoms with Gasteiger partial charge >= 0.3 is 5.97 Å². The number of carbonyl (C=O) groups excluding carboxylic acids is 2. The predicted octanol–water partition coefficient (Wildman–Crippen LogP) is 3.83. The first kappa shape index (κ1) is 17.2. The number of esters is 1. The van der Waals surface area contributed by atoms with Crippen LogP contribution in [0.3, 0.4) is 0 Å². The van der Waals surface area contributed by atoms with E-state index in [1.54, 1.807) is 17.9 Å². The van der Waals surface area contributed by atoms with E-state index in [0.29, 0.717) is 5.56 Å². The normalized spacial score (nSPS) is 17.1. The van der Waals surface area contributed by atoms with E-state index < -0.39 is 12.1 Å². The Kier molecular flexibility index (Phi) is 4.62. The highest BCUT2D eigenvalue weighted by atomic mass is 16.5. The molecule has 1 heterocycles. The molecule has 25 heavy (non-hydrogen) atoms. The van der Waals surface area contributed by atoms with Crippen molar-refractivity contribution in [3.63, 3.8) is 0 Å². The summed E-state index contributed by atoms with van der Waals surface area (Å²) in [7, 11) is 0. The van der Waals surface area contributed by atoms with Crippen molar-refractivity contribution in [2.24, 2.45) is 0 Å². The van der Waals surface area contributed by atoms with Gasteiger partial charge in [0.2, 0.25) is 0 Å². The van der Waals surface area contributed by atoms with Crippen LogP contribution in [0.25, 0.3) is 0 Å². The Morgan fingerprint density at radius 3 is 2.60 bits per heavy atom. The molecule has 4 heteroatoms. The minimum absolute atomic E-state index is 0.0618. The SMILES string of the molecule is Cc1cccc(C(=O)O[C@H](C)C(=O)N2c3ccccc3C[C@H]2C)c1C. The van der Waals surface area contributed by atoms with E-state index >= 15 is 0 Å². The van der Waals surface area contributed by atoms with E-state index in [1.807, 2.05) is 57.2 Å². The monoisotopic (exact) mass is 337 g/mol. The Morgan fingerprint density at radius 2 is 1.84 bits per heavy atom. The lowest BCUT2D eigenvalue weighted by atomic mass is 10.0. The Morgan fingerprint density at radius 1 is 1.12 bits per heavy atom. The number of aryl methyl sites for hydroxylation is 1. The molecule has 0 spiro atoms. The Bertz CT molecular complexity index is 828. The number of rotatable bonds is 3. The number of anilines is 1. The van der Waals surface area contributed by atoms with Crippen LogP contribution in [0.5, 0.6) is 0 Å². The number of fused-ring (bicyclic) bond motifs is 1. The fraction of sp³-hybridized carbons (Fsp3) is 0.333. The minimum atomic E-state index is -0.832. The average Bonchev–Trinajstić information content (AvgIpc) is 2.92. The summed E-state index contributed by atoms with van der Waals surface area (Å²) in [5.41, 5.74) is 4.48. The van der Waals surface area contributed by atoms with Crippen LogP contribution in [0.4, 0.5) is 5.69 Å². The summed E-state index contributed by atoms with van der Waals surface area (Å²) < 4.78 is 5.48. The van der Waals surface area contributed by atoms with E-state index in [1.165, 1.54) is 0 Å². The fourth-order valence-corrected chi connectivity index (χ4v) is 3.34. The molecule has 2 atom stereocenters. The maximum absolute atomic E-state index is 12.9. The molecule has 1 aliphatic rings. The van der Waals surface area contributed by atoms with Crippen molar-refractivity contribution in [1.82, 2.24) is 0 Å². The lowest BCUT2D eigenvalue weighted by Crippen LogP contribution is -2.43. The summed E-state index contributed by atoms with van der Waals surface area (Å²) in [5, 5.41) is 0. The summed E-state index contributed by atoms with van der Waals surface area (Å²) in [4.78, 5) is 27.1. The van der Waals surface area contributed by atoms with Gasteiger partial charge in [0.25, 0.3) is 5.91 Å². The van der Waals surface area contributed by atoms with E-state index in [2.05, 4.69) is 0 Å². The van der Waals surface area contributed by atoms with E-state index in [4.69, 9.17) is 4.74 Å². The van der Waals surface area contributed by atoms with Gasteiger partial charge in [-0.05, 0) is 62.9 Å². The van der Waals surface area contributed by atoms with Gasteiger partial charge in [-0.25, -0.2) is 4.79 Å². The molecule has 130 valence electrons. The highest BCUT2D eigenvalue weighted by Crippen LogP contribution is 2.32. The molecule has 0 saturated carbocycles. The molecule has 2 aromatic rings. The number of nitrogens with zero attached hydrogens (tertiary/aromatic N) is 1. The molecule has 1 amide bonds. The third-order valence-electron chi connectivity index (χ3n) is 4.90. The van der Waals surface area contributed by atoms with Gasteiger partial charge in [-0.2, -0.15) is 0 Å². The summed E-state index contributed by atoms with van der Waals surface area (Å²) in [6.45, 7) is 7.48. The summed E-state index contributed by atoms with van der Waals surface area (Å²) in [6.07, 6.45) is -0.0134. The molecule has 4 nitrogen and oxygen atoms in total. The largest absolute Gasteiger partial charge is 0.449 e. The maximum Gasteiger partial charge on any atom is 0.339 e. The van der Waals surface area contributed by atoms with Gasteiger partial charge in [0.05, 0.1) is 5.56 Å². The van der Waals surface area contributed by atoms with Gasteiger partial charge in [0.15, 0.2) is 6.10 Å². The minimum Gasteiger partial charge on any atom is -0.449 e. The third-order valence-corrected chi connectivity index (χ3v) is 4.90. The van der Waals surface area contributed by atoms with Crippen molar-refractivity contribution < 1.29 is 14.3 Å². The smallest absolute Gasteiger partial charge is 0.339 e. The van der Waals surface area contributed by atoms with Crippen LogP contribution in [-0.2, 0) is 16.0 Å². The van der Waals surface area contributed by atoms with Gasteiger partial charge in [-0.1, -0.05) is 30.3 Å². The number of carbonyl (C=O) groups is 2. The number of amides is 1. The number of hydrogen-bond acceptors (Lipinski definition) is 3. The van der Waals surface area contributed by atoms with Crippen molar-refractivity contribution in [3.05, 3.63) is 64.7 Å². The fourth-order valence-electron chi connectivity index (χ4n) is 3.34. The Labute approximate surface area is 148 Å². The molecule has 0 fully saturated rings. The lowest BCUT2D eigenvalue weighted by Gasteiger charge is -2.26. The zero-order chi connectivity index (χ0) is 18.1. The van der Waals surface area contributed by atoms with Crippen molar-refractivity contribution >= 4 is 17.6 Å². The molecule has 3 rings (SSSR count).